The molecule has 0 bridgehead atoms. The van der Waals surface area contributed by atoms with Gasteiger partial charge in [-0.25, -0.2) is 0 Å². The molecule has 28 heavy (non-hydrogen) atoms. The zero-order valence-corrected chi connectivity index (χ0v) is 14.3. The predicted octanol–water partition coefficient (Wildman–Crippen LogP) is 3.61. The second kappa shape index (κ2) is 7.29. The molecule has 2 aromatic carbocycles. The number of para-hydroxylation sites is 2. The predicted molar refractivity (Wildman–Crippen MR) is 93.6 cm³/mol. The van der Waals surface area contributed by atoms with Crippen molar-refractivity contribution in [3.8, 4) is 0 Å². The van der Waals surface area contributed by atoms with E-state index >= 15 is 0 Å². The van der Waals surface area contributed by atoms with E-state index in [-0.39, 0.29) is 30.0 Å². The fourth-order valence-electron chi connectivity index (χ4n) is 2.96. The molecule has 1 aliphatic rings. The number of carbonyl (C=O) groups is 2. The van der Waals surface area contributed by atoms with Gasteiger partial charge in [0.25, 0.3) is 5.69 Å². The van der Waals surface area contributed by atoms with Crippen LogP contribution >= 0.6 is 0 Å². The molecule has 146 valence electrons. The molecule has 2 aromatic rings. The molecule has 0 aliphatic carbocycles. The van der Waals surface area contributed by atoms with Gasteiger partial charge in [-0.2, -0.15) is 13.2 Å². The van der Waals surface area contributed by atoms with Crippen LogP contribution in [-0.2, 0) is 15.8 Å². The Bertz CT molecular complexity index is 946. The molecular formula is C18H14F3N3O4. The van der Waals surface area contributed by atoms with Gasteiger partial charge in [0.15, 0.2) is 0 Å². The highest BCUT2D eigenvalue weighted by molar-refractivity contribution is 6.04. The number of rotatable bonds is 4. The number of nitrogens with zero attached hydrogens (tertiary/aromatic N) is 2. The van der Waals surface area contributed by atoms with Gasteiger partial charge in [-0.3, -0.25) is 19.7 Å². The standard InChI is InChI=1S/C18H14F3N3O4/c19-18(20,21)12-4-3-5-13(9-12)23-10-11(8-16(23)25)17(26)22-14-6-1-2-7-15(14)24(27)28/h1-7,9,11H,8,10H2,(H,22,26). The molecule has 1 aliphatic heterocycles. The molecule has 3 rings (SSSR count). The molecule has 2 amide bonds. The van der Waals surface area contributed by atoms with E-state index < -0.39 is 34.4 Å². The number of carbonyl (C=O) groups excluding carboxylic acids is 2. The van der Waals surface area contributed by atoms with Crippen molar-refractivity contribution in [1.82, 2.24) is 0 Å². The summed E-state index contributed by atoms with van der Waals surface area (Å²) in [6, 6.07) is 9.83. The van der Waals surface area contributed by atoms with Crippen molar-refractivity contribution in [2.75, 3.05) is 16.8 Å². The molecule has 10 heteroatoms. The summed E-state index contributed by atoms with van der Waals surface area (Å²) in [5.41, 5.74) is -1.16. The average Bonchev–Trinajstić information content (AvgIpc) is 3.03. The summed E-state index contributed by atoms with van der Waals surface area (Å²) in [7, 11) is 0. The maximum atomic E-state index is 12.9. The summed E-state index contributed by atoms with van der Waals surface area (Å²) in [5.74, 6) is -1.96. The molecule has 0 spiro atoms. The highest BCUT2D eigenvalue weighted by Gasteiger charge is 2.37. The third-order valence-electron chi connectivity index (χ3n) is 4.34. The monoisotopic (exact) mass is 393 g/mol. The first-order valence-corrected chi connectivity index (χ1v) is 8.18. The molecule has 1 fully saturated rings. The highest BCUT2D eigenvalue weighted by Crippen LogP contribution is 2.34. The summed E-state index contributed by atoms with van der Waals surface area (Å²) in [5, 5.41) is 13.4. The van der Waals surface area contributed by atoms with E-state index in [1.165, 1.54) is 36.4 Å². The van der Waals surface area contributed by atoms with E-state index in [9.17, 15) is 32.9 Å². The maximum Gasteiger partial charge on any atom is 0.416 e. The first-order chi connectivity index (χ1) is 13.2. The van der Waals surface area contributed by atoms with Crippen molar-refractivity contribution >= 4 is 28.9 Å². The third-order valence-corrected chi connectivity index (χ3v) is 4.34. The van der Waals surface area contributed by atoms with E-state index in [1.54, 1.807) is 0 Å². The van der Waals surface area contributed by atoms with Gasteiger partial charge in [-0.1, -0.05) is 18.2 Å². The summed E-state index contributed by atoms with van der Waals surface area (Å²) in [4.78, 5) is 36.2. The molecule has 0 saturated carbocycles. The van der Waals surface area contributed by atoms with Crippen molar-refractivity contribution in [1.29, 1.82) is 0 Å². The largest absolute Gasteiger partial charge is 0.416 e. The van der Waals surface area contributed by atoms with Gasteiger partial charge < -0.3 is 10.2 Å². The van der Waals surface area contributed by atoms with E-state index in [4.69, 9.17) is 0 Å². The summed E-state index contributed by atoms with van der Waals surface area (Å²) in [6.45, 7) is -0.118. The number of benzene rings is 2. The first kappa shape index (κ1) is 19.3. The van der Waals surface area contributed by atoms with Crippen molar-refractivity contribution < 1.29 is 27.7 Å². The number of halogens is 3. The second-order valence-electron chi connectivity index (χ2n) is 6.22. The lowest BCUT2D eigenvalue weighted by Gasteiger charge is -2.18. The minimum absolute atomic E-state index is 0.0116. The molecule has 1 heterocycles. The van der Waals surface area contributed by atoms with Crippen molar-refractivity contribution in [2.45, 2.75) is 12.6 Å². The SMILES string of the molecule is O=C(Nc1ccccc1[N+](=O)[O-])C1CC(=O)N(c2cccc(C(F)(F)F)c2)C1. The van der Waals surface area contributed by atoms with Crippen LogP contribution in [0.25, 0.3) is 0 Å². The molecule has 0 radical (unpaired) electrons. The average molecular weight is 393 g/mol. The summed E-state index contributed by atoms with van der Waals surface area (Å²) in [6.07, 6.45) is -4.76. The number of alkyl halides is 3. The van der Waals surface area contributed by atoms with Crippen LogP contribution in [0.2, 0.25) is 0 Å². The van der Waals surface area contributed by atoms with Gasteiger partial charge in [-0.15, -0.1) is 0 Å². The number of nitro groups is 1. The molecule has 1 atom stereocenters. The molecule has 7 nitrogen and oxygen atoms in total. The summed E-state index contributed by atoms with van der Waals surface area (Å²) < 4.78 is 38.6. The Balaban J connectivity index is 1.76. The van der Waals surface area contributed by atoms with Gasteiger partial charge in [0, 0.05) is 24.7 Å². The van der Waals surface area contributed by atoms with Gasteiger partial charge in [0.1, 0.15) is 5.69 Å². The topological polar surface area (TPSA) is 92.5 Å². The molecule has 0 aromatic heterocycles. The highest BCUT2D eigenvalue weighted by atomic mass is 19.4. The van der Waals surface area contributed by atoms with Crippen LogP contribution in [-0.4, -0.2) is 23.3 Å². The van der Waals surface area contributed by atoms with Crippen molar-refractivity contribution in [2.24, 2.45) is 5.92 Å². The van der Waals surface area contributed by atoms with Crippen molar-refractivity contribution in [3.05, 3.63) is 64.2 Å². The Hall–Kier alpha value is -3.43. The van der Waals surface area contributed by atoms with Crippen LogP contribution in [0.4, 0.5) is 30.2 Å². The van der Waals surface area contributed by atoms with Gasteiger partial charge in [0.2, 0.25) is 11.8 Å². The molecule has 1 saturated heterocycles. The Morgan fingerprint density at radius 2 is 1.89 bits per heavy atom. The zero-order chi connectivity index (χ0) is 20.5. The number of anilines is 2. The Labute approximate surface area is 156 Å². The zero-order valence-electron chi connectivity index (χ0n) is 14.3. The van der Waals surface area contributed by atoms with E-state index in [2.05, 4.69) is 5.32 Å². The van der Waals surface area contributed by atoms with Crippen molar-refractivity contribution in [3.63, 3.8) is 0 Å². The minimum Gasteiger partial charge on any atom is -0.320 e. The van der Waals surface area contributed by atoms with Gasteiger partial charge >= 0.3 is 6.18 Å². The van der Waals surface area contributed by atoms with Crippen LogP contribution in [0.3, 0.4) is 0 Å². The number of nitro benzene ring substituents is 1. The fraction of sp³-hybridized carbons (Fsp3) is 0.222. The summed E-state index contributed by atoms with van der Waals surface area (Å²) >= 11 is 0. The fourth-order valence-corrected chi connectivity index (χ4v) is 2.96. The molecular weight excluding hydrogens is 379 g/mol. The number of amides is 2. The second-order valence-corrected chi connectivity index (χ2v) is 6.22. The first-order valence-electron chi connectivity index (χ1n) is 8.18. The van der Waals surface area contributed by atoms with E-state index in [0.717, 1.165) is 17.0 Å². The Kier molecular flexibility index (Phi) is 5.04. The van der Waals surface area contributed by atoms with Crippen LogP contribution in [0, 0.1) is 16.0 Å². The normalized spacial score (nSPS) is 16.9. The smallest absolute Gasteiger partial charge is 0.320 e. The van der Waals surface area contributed by atoms with Crippen LogP contribution in [0.1, 0.15) is 12.0 Å². The van der Waals surface area contributed by atoms with Crippen LogP contribution < -0.4 is 10.2 Å². The van der Waals surface area contributed by atoms with E-state index in [1.807, 2.05) is 0 Å². The van der Waals surface area contributed by atoms with Crippen LogP contribution in [0.5, 0.6) is 0 Å². The van der Waals surface area contributed by atoms with E-state index in [0.29, 0.717) is 0 Å². The third kappa shape index (κ3) is 3.95. The number of hydrogen-bond donors (Lipinski definition) is 1. The number of nitrogens with one attached hydrogen (secondary N) is 1. The lowest BCUT2D eigenvalue weighted by molar-refractivity contribution is -0.383. The lowest BCUT2D eigenvalue weighted by Crippen LogP contribution is -2.28. The number of hydrogen-bond acceptors (Lipinski definition) is 4. The quantitative estimate of drug-likeness (QED) is 0.635. The Morgan fingerprint density at radius 3 is 2.57 bits per heavy atom. The van der Waals surface area contributed by atoms with Crippen LogP contribution in [0.15, 0.2) is 48.5 Å². The van der Waals surface area contributed by atoms with Gasteiger partial charge in [-0.05, 0) is 24.3 Å². The maximum absolute atomic E-state index is 12.9. The molecule has 1 unspecified atom stereocenters. The van der Waals surface area contributed by atoms with Gasteiger partial charge in [0.05, 0.1) is 16.4 Å². The molecule has 1 N–H and O–H groups in total. The Morgan fingerprint density at radius 1 is 1.18 bits per heavy atom. The minimum atomic E-state index is -4.55. The lowest BCUT2D eigenvalue weighted by atomic mass is 10.1.